The van der Waals surface area contributed by atoms with Gasteiger partial charge in [0, 0.05) is 6.04 Å². The van der Waals surface area contributed by atoms with Crippen LogP contribution in [0, 0.1) is 0 Å². The summed E-state index contributed by atoms with van der Waals surface area (Å²) in [5.74, 6) is 0.0269. The molecule has 1 aliphatic rings. The molecule has 0 aromatic carbocycles. The van der Waals surface area contributed by atoms with Gasteiger partial charge in [-0.3, -0.25) is 4.79 Å². The highest BCUT2D eigenvalue weighted by atomic mass is 16.3. The molecule has 0 spiro atoms. The summed E-state index contributed by atoms with van der Waals surface area (Å²) in [6, 6.07) is -0.159. The topological polar surface area (TPSA) is 61.4 Å². The van der Waals surface area contributed by atoms with Crippen molar-refractivity contribution in [2.24, 2.45) is 0 Å². The fourth-order valence-electron chi connectivity index (χ4n) is 1.87. The third-order valence-electron chi connectivity index (χ3n) is 2.93. The van der Waals surface area contributed by atoms with Gasteiger partial charge in [-0.15, -0.1) is 0 Å². The number of carbonyl (C=O) groups excluding carboxylic acids is 1. The van der Waals surface area contributed by atoms with Crippen molar-refractivity contribution in [3.8, 4) is 0 Å². The summed E-state index contributed by atoms with van der Waals surface area (Å²) in [6.45, 7) is 4.72. The van der Waals surface area contributed by atoms with E-state index in [0.29, 0.717) is 0 Å². The fourth-order valence-corrected chi connectivity index (χ4v) is 1.87. The van der Waals surface area contributed by atoms with Gasteiger partial charge in [-0.05, 0) is 32.7 Å². The van der Waals surface area contributed by atoms with Crippen molar-refractivity contribution < 1.29 is 9.90 Å². The van der Waals surface area contributed by atoms with E-state index in [2.05, 4.69) is 10.6 Å². The van der Waals surface area contributed by atoms with E-state index in [1.165, 1.54) is 0 Å². The number of aliphatic hydroxyl groups excluding tert-OH is 1. The summed E-state index contributed by atoms with van der Waals surface area (Å²) in [4.78, 5) is 11.9. The van der Waals surface area contributed by atoms with Crippen LogP contribution in [0.2, 0.25) is 0 Å². The van der Waals surface area contributed by atoms with Gasteiger partial charge >= 0.3 is 0 Å². The molecule has 2 atom stereocenters. The van der Waals surface area contributed by atoms with Crippen LogP contribution < -0.4 is 10.6 Å². The average Bonchev–Trinajstić information content (AvgIpc) is 2.67. The Kier molecular flexibility index (Phi) is 3.89. The predicted octanol–water partition coefficient (Wildman–Crippen LogP) is 0.0156. The lowest BCUT2D eigenvalue weighted by atomic mass is 9.93. The van der Waals surface area contributed by atoms with Crippen LogP contribution in [0.5, 0.6) is 0 Å². The highest BCUT2D eigenvalue weighted by Gasteiger charge is 2.39. The minimum Gasteiger partial charge on any atom is -0.394 e. The van der Waals surface area contributed by atoms with Crippen molar-refractivity contribution in [2.45, 2.75) is 44.7 Å². The first kappa shape index (κ1) is 11.5. The molecule has 0 aromatic heterocycles. The molecule has 1 rings (SSSR count). The van der Waals surface area contributed by atoms with Gasteiger partial charge in [0.1, 0.15) is 0 Å². The molecule has 14 heavy (non-hydrogen) atoms. The van der Waals surface area contributed by atoms with Crippen LogP contribution in [0.4, 0.5) is 0 Å². The largest absolute Gasteiger partial charge is 0.394 e. The maximum atomic E-state index is 11.9. The molecule has 0 saturated carbocycles. The van der Waals surface area contributed by atoms with E-state index >= 15 is 0 Å². The SMILES string of the molecule is CCC1(C(=O)NC(C)CO)CCCN1. The smallest absolute Gasteiger partial charge is 0.240 e. The normalized spacial score (nSPS) is 28.8. The zero-order valence-corrected chi connectivity index (χ0v) is 8.97. The van der Waals surface area contributed by atoms with Gasteiger partial charge in [-0.2, -0.15) is 0 Å². The van der Waals surface area contributed by atoms with Crippen LogP contribution in [0.3, 0.4) is 0 Å². The van der Waals surface area contributed by atoms with E-state index in [1.807, 2.05) is 6.92 Å². The number of amides is 1. The predicted molar refractivity (Wildman–Crippen MR) is 54.9 cm³/mol. The minimum absolute atomic E-state index is 0.00840. The Balaban J connectivity index is 2.56. The minimum atomic E-state index is -0.385. The van der Waals surface area contributed by atoms with Crippen LogP contribution in [-0.2, 0) is 4.79 Å². The molecule has 0 aromatic rings. The Morgan fingerprint density at radius 1 is 1.71 bits per heavy atom. The van der Waals surface area contributed by atoms with Crippen molar-refractivity contribution in [1.82, 2.24) is 10.6 Å². The molecule has 0 aliphatic carbocycles. The van der Waals surface area contributed by atoms with Gasteiger partial charge in [-0.1, -0.05) is 6.92 Å². The van der Waals surface area contributed by atoms with Crippen molar-refractivity contribution in [3.05, 3.63) is 0 Å². The number of aliphatic hydroxyl groups is 1. The summed E-state index contributed by atoms with van der Waals surface area (Å²) in [5.41, 5.74) is -0.385. The van der Waals surface area contributed by atoms with Crippen molar-refractivity contribution in [2.75, 3.05) is 13.2 Å². The van der Waals surface area contributed by atoms with E-state index in [-0.39, 0.29) is 24.1 Å². The summed E-state index contributed by atoms with van der Waals surface area (Å²) in [5, 5.41) is 14.9. The summed E-state index contributed by atoms with van der Waals surface area (Å²) in [6.07, 6.45) is 2.75. The zero-order chi connectivity index (χ0) is 10.6. The lowest BCUT2D eigenvalue weighted by Gasteiger charge is -2.28. The number of hydrogen-bond donors (Lipinski definition) is 3. The molecule has 1 heterocycles. The van der Waals surface area contributed by atoms with Gasteiger partial charge in [0.2, 0.25) is 5.91 Å². The molecule has 82 valence electrons. The lowest BCUT2D eigenvalue weighted by molar-refractivity contribution is -0.128. The third-order valence-corrected chi connectivity index (χ3v) is 2.93. The van der Waals surface area contributed by atoms with Crippen LogP contribution in [0.1, 0.15) is 33.1 Å². The van der Waals surface area contributed by atoms with E-state index in [1.54, 1.807) is 6.92 Å². The molecule has 0 bridgehead atoms. The van der Waals surface area contributed by atoms with Gasteiger partial charge in [0.25, 0.3) is 0 Å². The van der Waals surface area contributed by atoms with Crippen molar-refractivity contribution >= 4 is 5.91 Å². The maximum absolute atomic E-state index is 11.9. The second-order valence-electron chi connectivity index (χ2n) is 4.02. The second kappa shape index (κ2) is 4.75. The molecular formula is C10H20N2O2. The Bertz CT molecular complexity index is 200. The van der Waals surface area contributed by atoms with Crippen LogP contribution in [0.15, 0.2) is 0 Å². The Labute approximate surface area is 85.1 Å². The zero-order valence-electron chi connectivity index (χ0n) is 8.97. The van der Waals surface area contributed by atoms with Crippen LogP contribution >= 0.6 is 0 Å². The Morgan fingerprint density at radius 2 is 2.43 bits per heavy atom. The summed E-state index contributed by atoms with van der Waals surface area (Å²) in [7, 11) is 0. The van der Waals surface area contributed by atoms with Gasteiger partial charge in [-0.25, -0.2) is 0 Å². The second-order valence-corrected chi connectivity index (χ2v) is 4.02. The molecule has 4 nitrogen and oxygen atoms in total. The lowest BCUT2D eigenvalue weighted by Crippen LogP contribution is -2.55. The van der Waals surface area contributed by atoms with E-state index in [9.17, 15) is 4.79 Å². The molecule has 0 radical (unpaired) electrons. The Morgan fingerprint density at radius 3 is 2.86 bits per heavy atom. The molecule has 1 amide bonds. The number of nitrogens with one attached hydrogen (secondary N) is 2. The highest BCUT2D eigenvalue weighted by molar-refractivity contribution is 5.86. The monoisotopic (exact) mass is 200 g/mol. The highest BCUT2D eigenvalue weighted by Crippen LogP contribution is 2.23. The first-order valence-corrected chi connectivity index (χ1v) is 5.31. The number of hydrogen-bond acceptors (Lipinski definition) is 3. The van der Waals surface area contributed by atoms with Crippen molar-refractivity contribution in [1.29, 1.82) is 0 Å². The van der Waals surface area contributed by atoms with Crippen molar-refractivity contribution in [3.63, 3.8) is 0 Å². The average molecular weight is 200 g/mol. The molecular weight excluding hydrogens is 180 g/mol. The number of rotatable bonds is 4. The van der Waals surface area contributed by atoms with Gasteiger partial charge < -0.3 is 15.7 Å². The Hall–Kier alpha value is -0.610. The van der Waals surface area contributed by atoms with Crippen LogP contribution in [-0.4, -0.2) is 35.7 Å². The van der Waals surface area contributed by atoms with Gasteiger partial charge in [0.05, 0.1) is 12.1 Å². The summed E-state index contributed by atoms with van der Waals surface area (Å²) < 4.78 is 0. The molecule has 1 saturated heterocycles. The standard InChI is InChI=1S/C10H20N2O2/c1-3-10(5-4-6-11-10)9(14)12-8(2)7-13/h8,11,13H,3-7H2,1-2H3,(H,12,14). The fraction of sp³-hybridized carbons (Fsp3) is 0.900. The summed E-state index contributed by atoms with van der Waals surface area (Å²) >= 11 is 0. The van der Waals surface area contributed by atoms with Crippen LogP contribution in [0.25, 0.3) is 0 Å². The first-order chi connectivity index (χ1) is 6.64. The first-order valence-electron chi connectivity index (χ1n) is 5.31. The van der Waals surface area contributed by atoms with E-state index < -0.39 is 0 Å². The molecule has 1 fully saturated rings. The number of carbonyl (C=O) groups is 1. The van der Waals surface area contributed by atoms with E-state index in [0.717, 1.165) is 25.8 Å². The molecule has 3 N–H and O–H groups in total. The third kappa shape index (κ3) is 2.25. The maximum Gasteiger partial charge on any atom is 0.240 e. The van der Waals surface area contributed by atoms with E-state index in [4.69, 9.17) is 5.11 Å². The van der Waals surface area contributed by atoms with Gasteiger partial charge in [0.15, 0.2) is 0 Å². The quantitative estimate of drug-likeness (QED) is 0.599. The molecule has 2 unspecified atom stereocenters. The molecule has 1 aliphatic heterocycles. The molecule has 4 heteroatoms.